The quantitative estimate of drug-likeness (QED) is 0.814. The number of carboxylic acid groups (broad SMARTS) is 1. The number of carbonyl (C=O) groups excluding carboxylic acids is 1. The van der Waals surface area contributed by atoms with Gasteiger partial charge in [0.25, 0.3) is 0 Å². The van der Waals surface area contributed by atoms with Crippen molar-refractivity contribution in [3.63, 3.8) is 0 Å². The molecule has 0 unspecified atom stereocenters. The first-order valence-electron chi connectivity index (χ1n) is 4.63. The Bertz CT molecular complexity index is 461. The van der Waals surface area contributed by atoms with E-state index in [0.29, 0.717) is 16.3 Å². The maximum Gasteiger partial charge on any atom is 0.319 e. The molecule has 5 nitrogen and oxygen atoms in total. The van der Waals surface area contributed by atoms with E-state index in [2.05, 4.69) is 5.43 Å². The molecule has 0 atom stereocenters. The third-order valence-electron chi connectivity index (χ3n) is 2.24. The van der Waals surface area contributed by atoms with E-state index in [1.54, 1.807) is 18.2 Å². The summed E-state index contributed by atoms with van der Waals surface area (Å²) in [5, 5.41) is 10.4. The normalized spacial score (nSPS) is 15.4. The summed E-state index contributed by atoms with van der Waals surface area (Å²) in [5.41, 5.74) is 3.80. The summed E-state index contributed by atoms with van der Waals surface area (Å²) in [6.45, 7) is -0.226. The first-order chi connectivity index (χ1) is 7.58. The fourth-order valence-corrected chi connectivity index (χ4v) is 1.80. The Kier molecular flexibility index (Phi) is 2.80. The smallest absolute Gasteiger partial charge is 0.319 e. The lowest BCUT2D eigenvalue weighted by Gasteiger charge is -2.28. The average Bonchev–Trinajstić information content (AvgIpc) is 2.19. The number of hydrogen-bond acceptors (Lipinski definition) is 4. The molecule has 0 bridgehead atoms. The van der Waals surface area contributed by atoms with Crippen LogP contribution in [0, 0.1) is 0 Å². The van der Waals surface area contributed by atoms with E-state index < -0.39 is 5.97 Å². The van der Waals surface area contributed by atoms with Gasteiger partial charge in [0.15, 0.2) is 5.78 Å². The van der Waals surface area contributed by atoms with Gasteiger partial charge in [-0.15, -0.1) is 0 Å². The van der Waals surface area contributed by atoms with Crippen molar-refractivity contribution in [1.29, 1.82) is 0 Å². The molecule has 1 aliphatic heterocycles. The van der Waals surface area contributed by atoms with Gasteiger partial charge in [-0.25, -0.2) is 5.01 Å². The van der Waals surface area contributed by atoms with Gasteiger partial charge in [-0.2, -0.15) is 0 Å². The van der Waals surface area contributed by atoms with E-state index in [1.807, 2.05) is 0 Å². The van der Waals surface area contributed by atoms with Crippen LogP contribution in [0.2, 0.25) is 5.02 Å². The van der Waals surface area contributed by atoms with Crippen LogP contribution in [0.15, 0.2) is 18.2 Å². The molecule has 1 aromatic carbocycles. The minimum absolute atomic E-state index is 0.0274. The van der Waals surface area contributed by atoms with Gasteiger partial charge in [-0.3, -0.25) is 9.59 Å². The standard InChI is InChI=1S/C10H9ClN2O3/c11-7-3-1-2-6-8(14)4-13(5-9(15)16)12-10(6)7/h1-3,12H,4-5H2,(H,15,16). The SMILES string of the molecule is O=C(O)CN1CC(=O)c2cccc(Cl)c2N1. The Morgan fingerprint density at radius 2 is 2.31 bits per heavy atom. The number of anilines is 1. The van der Waals surface area contributed by atoms with Gasteiger partial charge in [0.05, 0.1) is 17.3 Å². The first-order valence-corrected chi connectivity index (χ1v) is 5.01. The monoisotopic (exact) mass is 240 g/mol. The van der Waals surface area contributed by atoms with Crippen LogP contribution in [0.3, 0.4) is 0 Å². The number of hydrazine groups is 1. The Hall–Kier alpha value is -1.59. The Labute approximate surface area is 96.6 Å². The van der Waals surface area contributed by atoms with Gasteiger partial charge in [0.2, 0.25) is 0 Å². The molecule has 0 aliphatic carbocycles. The number of Topliss-reactive ketones (excluding diaryl/α,β-unsaturated/α-hetero) is 1. The second-order valence-corrected chi connectivity index (χ2v) is 3.85. The Morgan fingerprint density at radius 3 is 3.00 bits per heavy atom. The summed E-state index contributed by atoms with van der Waals surface area (Å²) in [6.07, 6.45) is 0. The molecule has 84 valence electrons. The highest BCUT2D eigenvalue weighted by molar-refractivity contribution is 6.34. The Balaban J connectivity index is 2.31. The number of para-hydroxylation sites is 1. The van der Waals surface area contributed by atoms with Crippen LogP contribution in [0.1, 0.15) is 10.4 Å². The predicted octanol–water partition coefficient (Wildman–Crippen LogP) is 1.25. The molecule has 1 aromatic rings. The number of rotatable bonds is 2. The summed E-state index contributed by atoms with van der Waals surface area (Å²) in [7, 11) is 0. The van der Waals surface area contributed by atoms with E-state index in [9.17, 15) is 9.59 Å². The van der Waals surface area contributed by atoms with Gasteiger partial charge in [0, 0.05) is 5.56 Å². The van der Waals surface area contributed by atoms with Crippen molar-refractivity contribution in [3.05, 3.63) is 28.8 Å². The molecule has 0 saturated carbocycles. The molecule has 2 rings (SSSR count). The lowest BCUT2D eigenvalue weighted by molar-refractivity contribution is -0.137. The molecule has 0 radical (unpaired) electrons. The predicted molar refractivity (Wildman–Crippen MR) is 58.6 cm³/mol. The Morgan fingerprint density at radius 1 is 1.56 bits per heavy atom. The molecule has 1 aliphatic rings. The number of carbonyl (C=O) groups is 2. The topological polar surface area (TPSA) is 69.6 Å². The van der Waals surface area contributed by atoms with Crippen molar-refractivity contribution in [3.8, 4) is 0 Å². The van der Waals surface area contributed by atoms with Gasteiger partial charge in [-0.05, 0) is 12.1 Å². The fraction of sp³-hybridized carbons (Fsp3) is 0.200. The van der Waals surface area contributed by atoms with Crippen molar-refractivity contribution in [1.82, 2.24) is 5.01 Å². The number of carboxylic acids is 1. The van der Waals surface area contributed by atoms with Gasteiger partial charge in [-0.1, -0.05) is 17.7 Å². The highest BCUT2D eigenvalue weighted by atomic mass is 35.5. The van der Waals surface area contributed by atoms with E-state index in [1.165, 1.54) is 5.01 Å². The van der Waals surface area contributed by atoms with E-state index in [4.69, 9.17) is 16.7 Å². The second kappa shape index (κ2) is 4.11. The molecule has 0 aromatic heterocycles. The van der Waals surface area contributed by atoms with Crippen LogP contribution in [-0.4, -0.2) is 35.0 Å². The number of aliphatic carboxylic acids is 1. The molecule has 0 spiro atoms. The van der Waals surface area contributed by atoms with Gasteiger partial charge in [0.1, 0.15) is 6.54 Å². The van der Waals surface area contributed by atoms with Crippen LogP contribution in [0.4, 0.5) is 5.69 Å². The number of nitrogens with one attached hydrogen (secondary N) is 1. The summed E-state index contributed by atoms with van der Waals surface area (Å²) in [6, 6.07) is 4.99. The van der Waals surface area contributed by atoms with E-state index >= 15 is 0 Å². The number of fused-ring (bicyclic) bond motifs is 1. The first kappa shape index (κ1) is 10.9. The zero-order chi connectivity index (χ0) is 11.7. The average molecular weight is 241 g/mol. The van der Waals surface area contributed by atoms with Crippen molar-refractivity contribution in [2.24, 2.45) is 0 Å². The maximum atomic E-state index is 11.7. The van der Waals surface area contributed by atoms with Crippen molar-refractivity contribution < 1.29 is 14.7 Å². The summed E-state index contributed by atoms with van der Waals surface area (Å²) < 4.78 is 0. The molecular formula is C10H9ClN2O3. The number of benzene rings is 1. The lowest BCUT2D eigenvalue weighted by Crippen LogP contribution is -2.42. The molecule has 16 heavy (non-hydrogen) atoms. The van der Waals surface area contributed by atoms with E-state index in [0.717, 1.165) is 0 Å². The third kappa shape index (κ3) is 2.00. The van der Waals surface area contributed by atoms with Crippen LogP contribution in [-0.2, 0) is 4.79 Å². The van der Waals surface area contributed by atoms with Crippen molar-refractivity contribution in [2.45, 2.75) is 0 Å². The molecule has 1 heterocycles. The summed E-state index contributed by atoms with van der Waals surface area (Å²) >= 11 is 5.92. The van der Waals surface area contributed by atoms with Crippen LogP contribution >= 0.6 is 11.6 Å². The number of ketones is 1. The van der Waals surface area contributed by atoms with Crippen LogP contribution in [0.25, 0.3) is 0 Å². The molecular weight excluding hydrogens is 232 g/mol. The highest BCUT2D eigenvalue weighted by Crippen LogP contribution is 2.29. The molecule has 2 N–H and O–H groups in total. The van der Waals surface area contributed by atoms with E-state index in [-0.39, 0.29) is 18.9 Å². The van der Waals surface area contributed by atoms with Crippen molar-refractivity contribution >= 4 is 29.0 Å². The summed E-state index contributed by atoms with van der Waals surface area (Å²) in [5.74, 6) is -1.15. The number of halogens is 1. The minimum atomic E-state index is -1.00. The zero-order valence-electron chi connectivity index (χ0n) is 8.24. The number of nitrogens with zero attached hydrogens (tertiary/aromatic N) is 1. The highest BCUT2D eigenvalue weighted by Gasteiger charge is 2.25. The largest absolute Gasteiger partial charge is 0.480 e. The molecule has 0 saturated heterocycles. The molecule has 0 fully saturated rings. The number of hydrogen-bond donors (Lipinski definition) is 2. The summed E-state index contributed by atoms with van der Waals surface area (Å²) in [4.78, 5) is 22.2. The van der Waals surface area contributed by atoms with Crippen molar-refractivity contribution in [2.75, 3.05) is 18.5 Å². The second-order valence-electron chi connectivity index (χ2n) is 3.45. The maximum absolute atomic E-state index is 11.7. The molecule has 0 amide bonds. The van der Waals surface area contributed by atoms with Gasteiger partial charge >= 0.3 is 5.97 Å². The van der Waals surface area contributed by atoms with Crippen LogP contribution in [0.5, 0.6) is 0 Å². The molecule has 6 heteroatoms. The third-order valence-corrected chi connectivity index (χ3v) is 2.56. The minimum Gasteiger partial charge on any atom is -0.480 e. The fourth-order valence-electron chi connectivity index (χ4n) is 1.58. The lowest BCUT2D eigenvalue weighted by atomic mass is 10.1. The zero-order valence-corrected chi connectivity index (χ0v) is 8.99. The van der Waals surface area contributed by atoms with Gasteiger partial charge < -0.3 is 10.5 Å². The van der Waals surface area contributed by atoms with Crippen LogP contribution < -0.4 is 5.43 Å².